The Morgan fingerprint density at radius 2 is 2.05 bits per heavy atom. The maximum atomic E-state index is 13.1. The van der Waals surface area contributed by atoms with Gasteiger partial charge in [0.05, 0.1) is 10.9 Å². The van der Waals surface area contributed by atoms with Gasteiger partial charge in [0.2, 0.25) is 0 Å². The fraction of sp³-hybridized carbons (Fsp3) is 0.385. The van der Waals surface area contributed by atoms with Crippen molar-refractivity contribution >= 4 is 23.5 Å². The summed E-state index contributed by atoms with van der Waals surface area (Å²) in [6, 6.07) is 4.48. The highest BCUT2D eigenvalue weighted by Gasteiger charge is 2.62. The summed E-state index contributed by atoms with van der Waals surface area (Å²) in [5.74, 6) is -1.44. The molecule has 2 rings (SSSR count). The van der Waals surface area contributed by atoms with Crippen LogP contribution in [0, 0.1) is 17.2 Å². The predicted molar refractivity (Wildman–Crippen MR) is 72.2 cm³/mol. The first-order chi connectivity index (χ1) is 8.75. The number of nitrogens with zero attached hydrogens (tertiary/aromatic N) is 1. The molecule has 1 amide bonds. The van der Waals surface area contributed by atoms with Crippen LogP contribution < -0.4 is 11.5 Å². The van der Waals surface area contributed by atoms with Gasteiger partial charge in [0.1, 0.15) is 5.82 Å². The number of aliphatic imine (C=N–C) groups is 1. The van der Waals surface area contributed by atoms with Crippen LogP contribution in [0.5, 0.6) is 0 Å². The molecule has 6 heteroatoms. The second-order valence-corrected chi connectivity index (χ2v) is 5.73. The van der Waals surface area contributed by atoms with Crippen molar-refractivity contribution in [3.63, 3.8) is 0 Å². The molecule has 0 radical (unpaired) electrons. The topological polar surface area (TPSA) is 81.5 Å². The van der Waals surface area contributed by atoms with E-state index in [0.29, 0.717) is 0 Å². The van der Waals surface area contributed by atoms with Crippen LogP contribution in [0.4, 0.5) is 4.39 Å². The second-order valence-electron chi connectivity index (χ2n) is 5.33. The van der Waals surface area contributed by atoms with E-state index >= 15 is 0 Å². The minimum absolute atomic E-state index is 0.0493. The smallest absolute Gasteiger partial charge is 0.253 e. The summed E-state index contributed by atoms with van der Waals surface area (Å²) in [5, 5.41) is 0.0493. The summed E-state index contributed by atoms with van der Waals surface area (Å²) in [6.45, 7) is 3.89. The van der Waals surface area contributed by atoms with Crippen molar-refractivity contribution in [1.29, 1.82) is 0 Å². The number of hydrogen-bond acceptors (Lipinski definition) is 1. The molecule has 19 heavy (non-hydrogen) atoms. The van der Waals surface area contributed by atoms with Gasteiger partial charge < -0.3 is 11.5 Å². The van der Waals surface area contributed by atoms with Crippen molar-refractivity contribution in [2.45, 2.75) is 19.8 Å². The molecule has 4 N–H and O–H groups in total. The molecule has 0 bridgehead atoms. The lowest BCUT2D eigenvalue weighted by atomic mass is 10.0. The number of benzene rings is 1. The molecule has 1 saturated carbocycles. The maximum absolute atomic E-state index is 13.1. The van der Waals surface area contributed by atoms with Crippen molar-refractivity contribution in [3.8, 4) is 0 Å². The van der Waals surface area contributed by atoms with Gasteiger partial charge in [-0.25, -0.2) is 4.39 Å². The van der Waals surface area contributed by atoms with Crippen LogP contribution in [-0.2, 0) is 4.79 Å². The van der Waals surface area contributed by atoms with Crippen LogP contribution in [0.3, 0.4) is 0 Å². The molecule has 0 aliphatic heterocycles. The standard InChI is InChI=1S/C13H15ClFN3O/c1-13(2)9(10(13)11(19)18-12(16)17)6-3-4-8(15)7(14)5-6/h3-5,9-10H,1-2H3,(H4,16,17,18,19)/t9-,10+/m1/s1. The fourth-order valence-electron chi connectivity index (χ4n) is 2.62. The van der Waals surface area contributed by atoms with Crippen molar-refractivity contribution in [1.82, 2.24) is 0 Å². The molecule has 1 aliphatic carbocycles. The molecule has 4 nitrogen and oxygen atoms in total. The number of carbonyl (C=O) groups excluding carboxylic acids is 1. The average Bonchev–Trinajstić information content (AvgIpc) is 2.85. The average molecular weight is 284 g/mol. The molecule has 0 aromatic heterocycles. The molecule has 1 fully saturated rings. The molecule has 0 unspecified atom stereocenters. The van der Waals surface area contributed by atoms with Gasteiger partial charge in [-0.15, -0.1) is 0 Å². The van der Waals surface area contributed by atoms with Crippen LogP contribution in [0.1, 0.15) is 25.3 Å². The van der Waals surface area contributed by atoms with Crippen LogP contribution in [0.2, 0.25) is 5.02 Å². The van der Waals surface area contributed by atoms with Crippen LogP contribution in [0.25, 0.3) is 0 Å². The summed E-state index contributed by atoms with van der Waals surface area (Å²) < 4.78 is 13.1. The number of guanidine groups is 1. The van der Waals surface area contributed by atoms with Crippen molar-refractivity contribution < 1.29 is 9.18 Å². The Hall–Kier alpha value is -1.62. The lowest BCUT2D eigenvalue weighted by Gasteiger charge is -2.03. The SMILES string of the molecule is CC1(C)[C@H](C(=O)N=C(N)N)[C@H]1c1ccc(F)c(Cl)c1. The third-order valence-corrected chi connectivity index (χ3v) is 3.93. The number of amides is 1. The van der Waals surface area contributed by atoms with E-state index < -0.39 is 5.82 Å². The minimum atomic E-state index is -0.476. The summed E-state index contributed by atoms with van der Waals surface area (Å²) in [4.78, 5) is 15.5. The minimum Gasteiger partial charge on any atom is -0.370 e. The van der Waals surface area contributed by atoms with E-state index in [2.05, 4.69) is 4.99 Å². The Balaban J connectivity index is 2.29. The molecular weight excluding hydrogens is 269 g/mol. The Morgan fingerprint density at radius 3 is 2.58 bits per heavy atom. The van der Waals surface area contributed by atoms with Gasteiger partial charge >= 0.3 is 0 Å². The summed E-state index contributed by atoms with van der Waals surface area (Å²) >= 11 is 5.76. The normalized spacial score (nSPS) is 23.8. The van der Waals surface area contributed by atoms with E-state index in [4.69, 9.17) is 23.1 Å². The van der Waals surface area contributed by atoms with Gasteiger partial charge in [-0.3, -0.25) is 4.79 Å². The summed E-state index contributed by atoms with van der Waals surface area (Å²) in [5.41, 5.74) is 11.0. The lowest BCUT2D eigenvalue weighted by molar-refractivity contribution is -0.119. The zero-order valence-electron chi connectivity index (χ0n) is 10.7. The number of hydrogen-bond donors (Lipinski definition) is 2. The number of carbonyl (C=O) groups is 1. The molecule has 0 heterocycles. The Bertz CT molecular complexity index is 567. The lowest BCUT2D eigenvalue weighted by Crippen LogP contribution is -2.25. The van der Waals surface area contributed by atoms with Gasteiger partial charge in [0, 0.05) is 5.92 Å². The van der Waals surface area contributed by atoms with Crippen LogP contribution >= 0.6 is 11.6 Å². The Labute approximate surface area is 115 Å². The van der Waals surface area contributed by atoms with E-state index in [1.165, 1.54) is 6.07 Å². The largest absolute Gasteiger partial charge is 0.370 e. The molecule has 0 spiro atoms. The maximum Gasteiger partial charge on any atom is 0.253 e. The van der Waals surface area contributed by atoms with Crippen molar-refractivity contribution in [2.24, 2.45) is 27.8 Å². The first-order valence-corrected chi connectivity index (χ1v) is 6.21. The van der Waals surface area contributed by atoms with Gasteiger partial charge in [-0.1, -0.05) is 31.5 Å². The molecule has 102 valence electrons. The van der Waals surface area contributed by atoms with E-state index in [1.54, 1.807) is 12.1 Å². The first-order valence-electron chi connectivity index (χ1n) is 5.83. The van der Waals surface area contributed by atoms with Gasteiger partial charge in [-0.05, 0) is 23.1 Å². The van der Waals surface area contributed by atoms with E-state index in [-0.39, 0.29) is 34.1 Å². The molecular formula is C13H15ClFN3O. The predicted octanol–water partition coefficient (Wildman–Crippen LogP) is 2.02. The highest BCUT2D eigenvalue weighted by Crippen LogP contribution is 2.65. The molecule has 0 saturated heterocycles. The van der Waals surface area contributed by atoms with Gasteiger partial charge in [-0.2, -0.15) is 4.99 Å². The quantitative estimate of drug-likeness (QED) is 0.643. The Morgan fingerprint density at radius 1 is 1.42 bits per heavy atom. The zero-order chi connectivity index (χ0) is 14.4. The van der Waals surface area contributed by atoms with Gasteiger partial charge in [0.25, 0.3) is 5.91 Å². The fourth-order valence-corrected chi connectivity index (χ4v) is 2.81. The van der Waals surface area contributed by atoms with Crippen molar-refractivity contribution in [2.75, 3.05) is 0 Å². The van der Waals surface area contributed by atoms with Crippen LogP contribution in [-0.4, -0.2) is 11.9 Å². The molecule has 1 aromatic rings. The zero-order valence-corrected chi connectivity index (χ0v) is 11.4. The third-order valence-electron chi connectivity index (χ3n) is 3.64. The van der Waals surface area contributed by atoms with E-state index in [0.717, 1.165) is 5.56 Å². The summed E-state index contributed by atoms with van der Waals surface area (Å²) in [6.07, 6.45) is 0. The molecule has 1 aliphatic rings. The van der Waals surface area contributed by atoms with Gasteiger partial charge in [0.15, 0.2) is 5.96 Å². The second kappa shape index (κ2) is 4.49. The number of nitrogens with two attached hydrogens (primary N) is 2. The number of halogens is 2. The van der Waals surface area contributed by atoms with Crippen molar-refractivity contribution in [3.05, 3.63) is 34.6 Å². The summed E-state index contributed by atoms with van der Waals surface area (Å²) in [7, 11) is 0. The highest BCUT2D eigenvalue weighted by atomic mass is 35.5. The van der Waals surface area contributed by atoms with Crippen LogP contribution in [0.15, 0.2) is 23.2 Å². The monoisotopic (exact) mass is 283 g/mol. The van der Waals surface area contributed by atoms with E-state index in [9.17, 15) is 9.18 Å². The third kappa shape index (κ3) is 2.42. The number of rotatable bonds is 2. The first kappa shape index (κ1) is 13.8. The molecule has 1 aromatic carbocycles. The van der Waals surface area contributed by atoms with E-state index in [1.807, 2.05) is 13.8 Å². The highest BCUT2D eigenvalue weighted by molar-refractivity contribution is 6.30. The Kier molecular flexibility index (Phi) is 3.26. The molecule has 2 atom stereocenters.